The molecule has 0 aromatic rings. The van der Waals surface area contributed by atoms with Gasteiger partial charge in [0.05, 0.1) is 0 Å². The second kappa shape index (κ2) is 6.08. The van der Waals surface area contributed by atoms with Crippen molar-refractivity contribution < 1.29 is 9.90 Å². The number of hydrogen-bond donors (Lipinski definition) is 1. The molecule has 0 saturated carbocycles. The van der Waals surface area contributed by atoms with Gasteiger partial charge < -0.3 is 5.11 Å². The van der Waals surface area contributed by atoms with E-state index in [0.717, 1.165) is 6.92 Å². The first-order valence-corrected chi connectivity index (χ1v) is 3.48. The zero-order valence-corrected chi connectivity index (χ0v) is 7.67. The first-order valence-electron chi connectivity index (χ1n) is 2.35. The summed E-state index contributed by atoms with van der Waals surface area (Å²) in [6.07, 6.45) is 0.317. The van der Waals surface area contributed by atoms with E-state index in [0.29, 0.717) is 6.42 Å². The van der Waals surface area contributed by atoms with Crippen LogP contribution in [0.2, 0.25) is 0 Å². The molecule has 10 heavy (non-hydrogen) atoms. The van der Waals surface area contributed by atoms with Gasteiger partial charge in [-0.1, -0.05) is 34.8 Å². The van der Waals surface area contributed by atoms with Gasteiger partial charge in [0.1, 0.15) is 0 Å². The lowest BCUT2D eigenvalue weighted by Gasteiger charge is -2.02. The molecule has 0 saturated heterocycles. The predicted octanol–water partition coefficient (Wildman–Crippen LogP) is 2.67. The van der Waals surface area contributed by atoms with Crippen molar-refractivity contribution in [3.05, 3.63) is 6.92 Å². The molecule has 0 unspecified atom stereocenters. The summed E-state index contributed by atoms with van der Waals surface area (Å²) in [5.74, 6) is -0.833. The van der Waals surface area contributed by atoms with Crippen molar-refractivity contribution in [2.75, 3.05) is 0 Å². The van der Waals surface area contributed by atoms with Gasteiger partial charge in [-0.2, -0.15) is 0 Å². The van der Waals surface area contributed by atoms with E-state index in [9.17, 15) is 0 Å². The molecular weight excluding hydrogens is 198 g/mol. The molecule has 1 radical (unpaired) electrons. The average Bonchev–Trinajstić information content (AvgIpc) is 1.63. The van der Waals surface area contributed by atoms with Gasteiger partial charge in [-0.3, -0.25) is 4.79 Å². The van der Waals surface area contributed by atoms with Crippen LogP contribution in [-0.2, 0) is 4.79 Å². The highest BCUT2D eigenvalue weighted by Gasteiger charge is 2.14. The normalized spacial score (nSPS) is 9.70. The maximum absolute atomic E-state index is 9.00. The maximum Gasteiger partial charge on any atom is 0.300 e. The van der Waals surface area contributed by atoms with Gasteiger partial charge >= 0.3 is 0 Å². The van der Waals surface area contributed by atoms with Crippen LogP contribution in [0, 0.1) is 6.92 Å². The summed E-state index contributed by atoms with van der Waals surface area (Å²) in [7, 11) is 0. The van der Waals surface area contributed by atoms with Crippen molar-refractivity contribution in [1.29, 1.82) is 0 Å². The zero-order chi connectivity index (χ0) is 8.78. The molecule has 0 aliphatic rings. The Labute approximate surface area is 75.1 Å². The summed E-state index contributed by atoms with van der Waals surface area (Å²) in [5.41, 5.74) is 0. The Hall–Kier alpha value is 0.340. The summed E-state index contributed by atoms with van der Waals surface area (Å²) in [6.45, 7) is 4.44. The average molecular weight is 206 g/mol. The van der Waals surface area contributed by atoms with Gasteiger partial charge in [-0.15, -0.1) is 0 Å². The highest BCUT2D eigenvalue weighted by Crippen LogP contribution is 2.28. The van der Waals surface area contributed by atoms with Crippen molar-refractivity contribution in [2.45, 2.75) is 17.1 Å². The van der Waals surface area contributed by atoms with Crippen LogP contribution in [0.3, 0.4) is 0 Å². The van der Waals surface area contributed by atoms with Crippen LogP contribution in [0.1, 0.15) is 13.3 Å². The van der Waals surface area contributed by atoms with Gasteiger partial charge in [-0.05, 0) is 13.3 Å². The van der Waals surface area contributed by atoms with Crippen LogP contribution < -0.4 is 0 Å². The van der Waals surface area contributed by atoms with E-state index >= 15 is 0 Å². The molecule has 0 aromatic heterocycles. The fraction of sp³-hybridized carbons (Fsp3) is 0.600. The van der Waals surface area contributed by atoms with E-state index in [1.165, 1.54) is 0 Å². The Bertz CT molecular complexity index is 93.6. The van der Waals surface area contributed by atoms with Crippen molar-refractivity contribution in [3.8, 4) is 0 Å². The van der Waals surface area contributed by atoms with E-state index < -0.39 is 9.76 Å². The van der Waals surface area contributed by atoms with Gasteiger partial charge in [0.15, 0.2) is 3.79 Å². The molecule has 0 amide bonds. The fourth-order valence-corrected chi connectivity index (χ4v) is 0. The second-order valence-electron chi connectivity index (χ2n) is 1.38. The third-order valence-electron chi connectivity index (χ3n) is 0.283. The van der Waals surface area contributed by atoms with E-state index in [2.05, 4.69) is 6.92 Å². The molecule has 0 bridgehead atoms. The number of carboxylic acids is 1. The molecule has 61 valence electrons. The predicted molar refractivity (Wildman–Crippen MR) is 43.6 cm³/mol. The number of halogens is 3. The molecule has 0 spiro atoms. The Morgan fingerprint density at radius 2 is 1.70 bits per heavy atom. The van der Waals surface area contributed by atoms with Crippen molar-refractivity contribution in [3.63, 3.8) is 0 Å². The number of hydrogen-bond acceptors (Lipinski definition) is 1. The van der Waals surface area contributed by atoms with Crippen molar-refractivity contribution >= 4 is 40.8 Å². The SMILES string of the molecule is CC(=O)O.[CH2]CC(Cl)(Cl)Cl. The Morgan fingerprint density at radius 1 is 1.60 bits per heavy atom. The Kier molecular flexibility index (Phi) is 7.88. The smallest absolute Gasteiger partial charge is 0.300 e. The largest absolute Gasteiger partial charge is 0.481 e. The van der Waals surface area contributed by atoms with Crippen LogP contribution in [0.15, 0.2) is 0 Å². The standard InChI is InChI=1S/C3H4Cl3.C2H4O2/c1-2-3(4,5)6;1-2(3)4/h1-2H2;1H3,(H,3,4). The molecule has 0 aliphatic heterocycles. The van der Waals surface area contributed by atoms with Crippen molar-refractivity contribution in [2.24, 2.45) is 0 Å². The zero-order valence-electron chi connectivity index (χ0n) is 5.40. The van der Waals surface area contributed by atoms with E-state index in [4.69, 9.17) is 44.7 Å². The number of aliphatic carboxylic acids is 1. The van der Waals surface area contributed by atoms with Crippen LogP contribution in [0.5, 0.6) is 0 Å². The van der Waals surface area contributed by atoms with E-state index in [-0.39, 0.29) is 0 Å². The van der Waals surface area contributed by atoms with E-state index in [1.54, 1.807) is 0 Å². The molecule has 1 N–H and O–H groups in total. The highest BCUT2D eigenvalue weighted by molar-refractivity contribution is 6.67. The van der Waals surface area contributed by atoms with Gasteiger partial charge in [0, 0.05) is 6.92 Å². The molecule has 0 aromatic carbocycles. The first-order chi connectivity index (χ1) is 4.29. The second-order valence-corrected chi connectivity index (χ2v) is 3.90. The maximum atomic E-state index is 9.00. The van der Waals surface area contributed by atoms with Crippen LogP contribution in [0.25, 0.3) is 0 Å². The number of carboxylic acid groups (broad SMARTS) is 1. The fourth-order valence-electron chi connectivity index (χ4n) is 0. The minimum absolute atomic E-state index is 0.317. The Morgan fingerprint density at radius 3 is 1.70 bits per heavy atom. The van der Waals surface area contributed by atoms with Crippen molar-refractivity contribution in [1.82, 2.24) is 0 Å². The third-order valence-corrected chi connectivity index (χ3v) is 0.850. The molecule has 0 rings (SSSR count). The molecule has 0 atom stereocenters. The summed E-state index contributed by atoms with van der Waals surface area (Å²) in [4.78, 5) is 9.00. The summed E-state index contributed by atoms with van der Waals surface area (Å²) in [6, 6.07) is 0. The quantitative estimate of drug-likeness (QED) is 0.619. The monoisotopic (exact) mass is 205 g/mol. The molecule has 2 nitrogen and oxygen atoms in total. The number of rotatable bonds is 0. The molecule has 0 aliphatic carbocycles. The van der Waals surface area contributed by atoms with Gasteiger partial charge in [-0.25, -0.2) is 0 Å². The van der Waals surface area contributed by atoms with Crippen LogP contribution in [0.4, 0.5) is 0 Å². The highest BCUT2D eigenvalue weighted by atomic mass is 35.6. The van der Waals surface area contributed by atoms with Crippen LogP contribution in [-0.4, -0.2) is 14.9 Å². The number of carbonyl (C=O) groups is 1. The van der Waals surface area contributed by atoms with Gasteiger partial charge in [0.25, 0.3) is 5.97 Å². The van der Waals surface area contributed by atoms with Gasteiger partial charge in [0.2, 0.25) is 0 Å². The summed E-state index contributed by atoms with van der Waals surface area (Å²) in [5, 5.41) is 7.42. The van der Waals surface area contributed by atoms with E-state index in [1.807, 2.05) is 0 Å². The lowest BCUT2D eigenvalue weighted by atomic mass is 10.6. The Balaban J connectivity index is 0. The lowest BCUT2D eigenvalue weighted by molar-refractivity contribution is -0.134. The first kappa shape index (κ1) is 13.0. The molecular formula is C5H8Cl3O2. The minimum atomic E-state index is -1.15. The minimum Gasteiger partial charge on any atom is -0.481 e. The third kappa shape index (κ3) is 40.3. The summed E-state index contributed by atoms with van der Waals surface area (Å²) < 4.78 is -1.15. The molecule has 0 heterocycles. The molecule has 5 heteroatoms. The van der Waals surface area contributed by atoms with Crippen LogP contribution >= 0.6 is 34.8 Å². The molecule has 0 fully saturated rings. The lowest BCUT2D eigenvalue weighted by Crippen LogP contribution is -1.96. The number of alkyl halides is 3. The topological polar surface area (TPSA) is 37.3 Å². The summed E-state index contributed by atoms with van der Waals surface area (Å²) >= 11 is 15.6.